The first-order valence-corrected chi connectivity index (χ1v) is 25.4. The largest absolute Gasteiger partial charge is 0.507 e. The van der Waals surface area contributed by atoms with Crippen molar-refractivity contribution in [3.8, 4) is 78.6 Å². The number of rotatable bonds is 8. The molecule has 2 aromatic heterocycles. The van der Waals surface area contributed by atoms with E-state index in [0.29, 0.717) is 17.3 Å². The molecule has 7 aromatic carbocycles. The van der Waals surface area contributed by atoms with Crippen molar-refractivity contribution >= 4 is 11.0 Å². The first-order chi connectivity index (χ1) is 33.5. The SMILES string of the molecule is CC(C)c1ccccc1-c1ccc(-c2ccnc(-c3cc(-c4cccc5c4nc(-c4cc(C(C)(C)C)cc(C(C)(C)C)c4O)n5-c4ccc(C(C)(C)C)cc4-c4ccccc4)cc(C(C)(C)C)c3)c2)cc1. The van der Waals surface area contributed by atoms with Crippen LogP contribution in [0.1, 0.15) is 131 Å². The number of phenols is 1. The molecule has 0 radical (unpaired) electrons. The van der Waals surface area contributed by atoms with Crippen molar-refractivity contribution in [3.63, 3.8) is 0 Å². The Morgan fingerprint density at radius 3 is 1.69 bits per heavy atom. The van der Waals surface area contributed by atoms with Gasteiger partial charge in [0.1, 0.15) is 11.6 Å². The lowest BCUT2D eigenvalue weighted by atomic mass is 9.79. The summed E-state index contributed by atoms with van der Waals surface area (Å²) in [5.74, 6) is 1.39. The zero-order valence-corrected chi connectivity index (χ0v) is 44.5. The average molecular weight is 934 g/mol. The molecule has 0 atom stereocenters. The Morgan fingerprint density at radius 1 is 0.437 bits per heavy atom. The molecule has 0 amide bonds. The van der Waals surface area contributed by atoms with Crippen LogP contribution in [-0.2, 0) is 21.7 Å². The van der Waals surface area contributed by atoms with Gasteiger partial charge < -0.3 is 5.11 Å². The Morgan fingerprint density at radius 2 is 1.03 bits per heavy atom. The number of fused-ring (bicyclic) bond motifs is 1. The summed E-state index contributed by atoms with van der Waals surface area (Å²) >= 11 is 0. The summed E-state index contributed by atoms with van der Waals surface area (Å²) in [6, 6.07) is 57.3. The van der Waals surface area contributed by atoms with Crippen LogP contribution in [0, 0.1) is 0 Å². The van der Waals surface area contributed by atoms with Crippen molar-refractivity contribution < 1.29 is 5.11 Å². The van der Waals surface area contributed by atoms with E-state index >= 15 is 0 Å². The molecule has 0 bridgehead atoms. The number of para-hydroxylation sites is 1. The maximum absolute atomic E-state index is 12.6. The maximum Gasteiger partial charge on any atom is 0.149 e. The normalized spacial score (nSPS) is 12.5. The van der Waals surface area contributed by atoms with E-state index in [2.05, 4.69) is 259 Å². The van der Waals surface area contributed by atoms with Gasteiger partial charge in [-0.3, -0.25) is 9.55 Å². The van der Waals surface area contributed by atoms with E-state index in [0.717, 1.165) is 72.5 Å². The monoisotopic (exact) mass is 934 g/mol. The van der Waals surface area contributed by atoms with Crippen molar-refractivity contribution in [3.05, 3.63) is 192 Å². The quantitative estimate of drug-likeness (QED) is 0.165. The van der Waals surface area contributed by atoms with E-state index in [1.165, 1.54) is 27.8 Å². The van der Waals surface area contributed by atoms with Crippen LogP contribution in [0.4, 0.5) is 0 Å². The topological polar surface area (TPSA) is 50.9 Å². The first-order valence-electron chi connectivity index (χ1n) is 25.4. The maximum atomic E-state index is 12.6. The molecule has 9 aromatic rings. The number of benzene rings is 7. The second-order valence-corrected chi connectivity index (χ2v) is 24.0. The van der Waals surface area contributed by atoms with E-state index in [9.17, 15) is 5.11 Å². The van der Waals surface area contributed by atoms with Crippen LogP contribution in [0.5, 0.6) is 5.75 Å². The molecule has 4 heteroatoms. The summed E-state index contributed by atoms with van der Waals surface area (Å²) in [6.07, 6.45) is 1.93. The standard InChI is InChI=1S/C67H71N3O/c1-42(2)52-23-18-19-24-53(52)45-29-27-43(28-30-45)46-33-34-68-58(38-46)48-35-47(36-50(37-48)65(6,7)8)54-25-20-26-60-61(54)69-63(56-40-51(66(9,10)11)41-57(62(56)71)67(12,13)14)70(60)59-32-31-49(64(3,4)5)39-55(59)44-21-16-15-17-22-44/h15-42,71H,1-14H3. The lowest BCUT2D eigenvalue weighted by molar-refractivity contribution is 0.446. The Kier molecular flexibility index (Phi) is 12.6. The summed E-state index contributed by atoms with van der Waals surface area (Å²) in [5, 5.41) is 12.6. The van der Waals surface area contributed by atoms with Gasteiger partial charge in [-0.05, 0) is 132 Å². The third-order valence-corrected chi connectivity index (χ3v) is 14.2. The van der Waals surface area contributed by atoms with Gasteiger partial charge in [0.25, 0.3) is 0 Å². The fourth-order valence-corrected chi connectivity index (χ4v) is 9.85. The highest BCUT2D eigenvalue weighted by atomic mass is 16.3. The predicted molar refractivity (Wildman–Crippen MR) is 302 cm³/mol. The molecular weight excluding hydrogens is 863 g/mol. The molecule has 2 heterocycles. The number of nitrogens with zero attached hydrogens (tertiary/aromatic N) is 3. The van der Waals surface area contributed by atoms with Crippen LogP contribution in [0.3, 0.4) is 0 Å². The minimum atomic E-state index is -0.329. The highest BCUT2D eigenvalue weighted by Gasteiger charge is 2.30. The summed E-state index contributed by atoms with van der Waals surface area (Å²) in [4.78, 5) is 10.8. The van der Waals surface area contributed by atoms with Crippen molar-refractivity contribution in [1.82, 2.24) is 14.5 Å². The molecule has 0 fully saturated rings. The number of aromatic nitrogens is 3. The van der Waals surface area contributed by atoms with Crippen molar-refractivity contribution in [1.29, 1.82) is 0 Å². The molecule has 0 saturated carbocycles. The van der Waals surface area contributed by atoms with Gasteiger partial charge in [0.05, 0.1) is 28.0 Å². The minimum Gasteiger partial charge on any atom is -0.507 e. The van der Waals surface area contributed by atoms with Crippen LogP contribution >= 0.6 is 0 Å². The van der Waals surface area contributed by atoms with Gasteiger partial charge in [-0.25, -0.2) is 4.98 Å². The molecule has 0 unspecified atom stereocenters. The van der Waals surface area contributed by atoms with Crippen molar-refractivity contribution in [2.24, 2.45) is 0 Å². The molecule has 71 heavy (non-hydrogen) atoms. The van der Waals surface area contributed by atoms with Crippen LogP contribution in [0.2, 0.25) is 0 Å². The van der Waals surface area contributed by atoms with Crippen molar-refractivity contribution in [2.45, 2.75) is 125 Å². The van der Waals surface area contributed by atoms with Crippen LogP contribution in [0.15, 0.2) is 164 Å². The minimum absolute atomic E-state index is 0.0785. The molecule has 0 aliphatic rings. The number of hydrogen-bond acceptors (Lipinski definition) is 3. The summed E-state index contributed by atoms with van der Waals surface area (Å²) in [6.45, 7) is 31.4. The van der Waals surface area contributed by atoms with Gasteiger partial charge in [0, 0.05) is 28.5 Å². The lowest BCUT2D eigenvalue weighted by Crippen LogP contribution is -2.17. The molecule has 0 aliphatic carbocycles. The fraction of sp³-hybridized carbons (Fsp3) is 0.284. The van der Waals surface area contributed by atoms with Crippen LogP contribution in [0.25, 0.3) is 83.9 Å². The van der Waals surface area contributed by atoms with Gasteiger partial charge in [0.2, 0.25) is 0 Å². The van der Waals surface area contributed by atoms with E-state index in [1.54, 1.807) is 0 Å². The molecule has 0 spiro atoms. The summed E-state index contributed by atoms with van der Waals surface area (Å²) < 4.78 is 2.30. The highest BCUT2D eigenvalue weighted by molar-refractivity contribution is 5.98. The van der Waals surface area contributed by atoms with E-state index in [1.807, 2.05) is 6.20 Å². The third-order valence-electron chi connectivity index (χ3n) is 14.2. The number of phenolic OH excluding ortho intramolecular Hbond substituents is 1. The Balaban J connectivity index is 1.28. The van der Waals surface area contributed by atoms with Crippen molar-refractivity contribution in [2.75, 3.05) is 0 Å². The number of pyridine rings is 1. The fourth-order valence-electron chi connectivity index (χ4n) is 9.85. The Hall–Kier alpha value is -7.04. The smallest absolute Gasteiger partial charge is 0.149 e. The third kappa shape index (κ3) is 9.74. The molecule has 4 nitrogen and oxygen atoms in total. The van der Waals surface area contributed by atoms with Gasteiger partial charge in [0.15, 0.2) is 0 Å². The second kappa shape index (κ2) is 18.3. The van der Waals surface area contributed by atoms with Gasteiger partial charge >= 0.3 is 0 Å². The molecular formula is C67H71N3O. The summed E-state index contributed by atoms with van der Waals surface area (Å²) in [7, 11) is 0. The molecule has 0 aliphatic heterocycles. The lowest BCUT2D eigenvalue weighted by Gasteiger charge is -2.28. The van der Waals surface area contributed by atoms with E-state index in [4.69, 9.17) is 9.97 Å². The van der Waals surface area contributed by atoms with Gasteiger partial charge in [-0.15, -0.1) is 0 Å². The predicted octanol–water partition coefficient (Wildman–Crippen LogP) is 18.4. The van der Waals surface area contributed by atoms with Gasteiger partial charge in [-0.2, -0.15) is 0 Å². The zero-order chi connectivity index (χ0) is 50.8. The zero-order valence-electron chi connectivity index (χ0n) is 44.5. The summed E-state index contributed by atoms with van der Waals surface area (Å²) in [5.41, 5.74) is 19.6. The van der Waals surface area contributed by atoms with E-state index < -0.39 is 0 Å². The first kappa shape index (κ1) is 49.0. The second-order valence-electron chi connectivity index (χ2n) is 24.0. The highest BCUT2D eigenvalue weighted by Crippen LogP contribution is 2.46. The number of imidazole rings is 1. The molecule has 360 valence electrons. The number of hydrogen-bond donors (Lipinski definition) is 1. The van der Waals surface area contributed by atoms with Crippen LogP contribution in [-0.4, -0.2) is 19.6 Å². The van der Waals surface area contributed by atoms with E-state index in [-0.39, 0.29) is 27.4 Å². The Bertz CT molecular complexity index is 3420. The average Bonchev–Trinajstić information content (AvgIpc) is 3.72. The molecule has 1 N–H and O–H groups in total. The number of aromatic hydroxyl groups is 1. The molecule has 0 saturated heterocycles. The van der Waals surface area contributed by atoms with Gasteiger partial charge in [-0.1, -0.05) is 206 Å². The Labute approximate surface area is 423 Å². The molecule has 9 rings (SSSR count). The van der Waals surface area contributed by atoms with Crippen LogP contribution < -0.4 is 0 Å².